The molecule has 0 saturated heterocycles. The van der Waals surface area contributed by atoms with Crippen molar-refractivity contribution in [3.05, 3.63) is 114 Å². The maximum absolute atomic E-state index is 10.5. The SMILES string of the molecule is CCOCC1CC2=C(C=C1C#N)C(C#N)=C(C1=CC=CC(C3=C(C#N)C4=C(CC(COCC)C(C#N)=C4)C3=C(C#N)C#N)C1)C2=C(C#N)C#N. The first-order valence-electron chi connectivity index (χ1n) is 16.0. The van der Waals surface area contributed by atoms with E-state index in [1.54, 1.807) is 24.3 Å². The Kier molecular flexibility index (Phi) is 10.4. The highest BCUT2D eigenvalue weighted by Gasteiger charge is 2.41. The fraction of sp³-hybridized carbons (Fsp3) is 0.300. The molecule has 10 heteroatoms. The molecule has 0 aliphatic heterocycles. The summed E-state index contributed by atoms with van der Waals surface area (Å²) in [7, 11) is 0. The van der Waals surface area contributed by atoms with Crippen LogP contribution in [0.2, 0.25) is 0 Å². The van der Waals surface area contributed by atoms with Crippen LogP contribution in [0, 0.1) is 108 Å². The first-order valence-corrected chi connectivity index (χ1v) is 16.0. The first kappa shape index (κ1) is 34.6. The van der Waals surface area contributed by atoms with Crippen molar-refractivity contribution < 1.29 is 9.47 Å². The van der Waals surface area contributed by atoms with Gasteiger partial charge in [-0.15, -0.1) is 0 Å². The summed E-state index contributed by atoms with van der Waals surface area (Å²) in [6, 6.07) is 17.0. The number of ether oxygens (including phenoxy) is 2. The number of allylic oxidation sites excluding steroid dienone is 18. The summed E-state index contributed by atoms with van der Waals surface area (Å²) in [5.74, 6) is -1.22. The lowest BCUT2D eigenvalue weighted by Crippen LogP contribution is -2.17. The van der Waals surface area contributed by atoms with E-state index in [1.165, 1.54) is 0 Å². The molecule has 5 rings (SSSR count). The third-order valence-corrected chi connectivity index (χ3v) is 9.46. The molecule has 10 nitrogen and oxygen atoms in total. The van der Waals surface area contributed by atoms with Crippen LogP contribution >= 0.6 is 0 Å². The lowest BCUT2D eigenvalue weighted by Gasteiger charge is -2.26. The Bertz CT molecular complexity index is 2230. The maximum atomic E-state index is 10.5. The van der Waals surface area contributed by atoms with Crippen LogP contribution in [0.15, 0.2) is 114 Å². The van der Waals surface area contributed by atoms with E-state index in [1.807, 2.05) is 44.2 Å². The van der Waals surface area contributed by atoms with E-state index in [0.717, 1.165) is 0 Å². The smallest absolute Gasteiger partial charge is 0.137 e. The van der Waals surface area contributed by atoms with Gasteiger partial charge in [0.2, 0.25) is 0 Å². The average Bonchev–Trinajstić information content (AvgIpc) is 3.64. The van der Waals surface area contributed by atoms with Crippen molar-refractivity contribution in [2.24, 2.45) is 17.8 Å². The molecule has 5 aliphatic carbocycles. The zero-order valence-electron chi connectivity index (χ0n) is 27.5. The van der Waals surface area contributed by atoms with Gasteiger partial charge >= 0.3 is 0 Å². The molecular weight excluding hydrogens is 624 g/mol. The Morgan fingerprint density at radius 1 is 0.660 bits per heavy atom. The topological polar surface area (TPSA) is 209 Å². The van der Waals surface area contributed by atoms with Crippen LogP contribution in [0.25, 0.3) is 0 Å². The minimum atomic E-state index is -0.555. The number of hydrogen-bond donors (Lipinski definition) is 0. The zero-order valence-corrected chi connectivity index (χ0v) is 27.5. The molecule has 0 bridgehead atoms. The first-order chi connectivity index (χ1) is 24.4. The van der Waals surface area contributed by atoms with E-state index >= 15 is 0 Å². The molecule has 0 heterocycles. The van der Waals surface area contributed by atoms with Gasteiger partial charge in [-0.05, 0) is 78.7 Å². The van der Waals surface area contributed by atoms with Gasteiger partial charge in [-0.1, -0.05) is 18.2 Å². The monoisotopic (exact) mass is 652 g/mol. The average molecular weight is 653 g/mol. The summed E-state index contributed by atoms with van der Waals surface area (Å²) in [4.78, 5) is 0. The van der Waals surface area contributed by atoms with Crippen molar-refractivity contribution in [3.63, 3.8) is 0 Å². The molecule has 3 unspecified atom stereocenters. The third kappa shape index (κ3) is 5.81. The van der Waals surface area contributed by atoms with E-state index in [2.05, 4.69) is 24.3 Å². The van der Waals surface area contributed by atoms with Crippen LogP contribution < -0.4 is 0 Å². The molecule has 0 N–H and O–H groups in total. The molecule has 0 aromatic carbocycles. The standard InChI is InChI=1S/C40H28N8O2/c1-3-49-21-27-11-33-31(9-25(27)13-41)35(19-47)37(39(33)29(15-43)16-44)23-6-5-7-24(8-23)38-36(20-48)32-10-26(14-42)28(22-50-4-2)12-34(32)40(38)30(17-45)18-46/h5-7,9-10,23,27-28H,3-4,8,11-12,21-22H2,1-2H3. The highest BCUT2D eigenvalue weighted by molar-refractivity contribution is 5.82. The van der Waals surface area contributed by atoms with Crippen LogP contribution in [-0.4, -0.2) is 26.4 Å². The van der Waals surface area contributed by atoms with E-state index < -0.39 is 5.92 Å². The van der Waals surface area contributed by atoms with Gasteiger partial charge in [-0.2, -0.15) is 42.1 Å². The molecule has 0 saturated carbocycles. The summed E-state index contributed by atoms with van der Waals surface area (Å²) in [6.45, 7) is 5.08. The fourth-order valence-electron chi connectivity index (χ4n) is 7.31. The minimum Gasteiger partial charge on any atom is -0.381 e. The van der Waals surface area contributed by atoms with Gasteiger partial charge < -0.3 is 9.47 Å². The van der Waals surface area contributed by atoms with E-state index in [-0.39, 0.29) is 60.2 Å². The summed E-state index contributed by atoms with van der Waals surface area (Å²) in [6.07, 6.45) is 9.49. The lowest BCUT2D eigenvalue weighted by molar-refractivity contribution is 0.122. The molecule has 0 fully saturated rings. The van der Waals surface area contributed by atoms with Gasteiger partial charge in [0.15, 0.2) is 0 Å². The van der Waals surface area contributed by atoms with Gasteiger partial charge in [0.25, 0.3) is 0 Å². The Balaban J connectivity index is 1.64. The van der Waals surface area contributed by atoms with Crippen molar-refractivity contribution >= 4 is 0 Å². The second kappa shape index (κ2) is 15.0. The molecule has 3 atom stereocenters. The second-order valence-electron chi connectivity index (χ2n) is 11.9. The van der Waals surface area contributed by atoms with Crippen molar-refractivity contribution in [2.75, 3.05) is 26.4 Å². The van der Waals surface area contributed by atoms with Crippen LogP contribution in [0.1, 0.15) is 33.1 Å². The van der Waals surface area contributed by atoms with E-state index in [9.17, 15) is 42.1 Å². The number of nitrogens with zero attached hydrogens (tertiary/aromatic N) is 8. The fourth-order valence-corrected chi connectivity index (χ4v) is 7.31. The van der Waals surface area contributed by atoms with Gasteiger partial charge in [0.05, 0.1) is 36.5 Å². The predicted octanol–water partition coefficient (Wildman–Crippen LogP) is 6.45. The van der Waals surface area contributed by atoms with Crippen molar-refractivity contribution in [3.8, 4) is 48.6 Å². The lowest BCUT2D eigenvalue weighted by atomic mass is 9.77. The van der Waals surface area contributed by atoms with E-state index in [4.69, 9.17) is 9.47 Å². The van der Waals surface area contributed by atoms with Crippen LogP contribution in [0.4, 0.5) is 0 Å². The Hall–Kier alpha value is -6.76. The predicted molar refractivity (Wildman–Crippen MR) is 178 cm³/mol. The van der Waals surface area contributed by atoms with Crippen LogP contribution in [-0.2, 0) is 9.47 Å². The number of nitriles is 8. The molecule has 0 radical (unpaired) electrons. The third-order valence-electron chi connectivity index (χ3n) is 9.46. The van der Waals surface area contributed by atoms with Crippen molar-refractivity contribution in [2.45, 2.75) is 33.1 Å². The number of rotatable bonds is 8. The van der Waals surface area contributed by atoms with Crippen molar-refractivity contribution in [1.29, 1.82) is 42.1 Å². The Labute approximate surface area is 290 Å². The summed E-state index contributed by atoms with van der Waals surface area (Å²) >= 11 is 0. The molecular formula is C40H28N8O2. The molecule has 0 spiro atoms. The zero-order chi connectivity index (χ0) is 35.9. The molecule has 0 aromatic rings. The van der Waals surface area contributed by atoms with Crippen molar-refractivity contribution in [1.82, 2.24) is 0 Å². The van der Waals surface area contributed by atoms with Gasteiger partial charge in [0.1, 0.15) is 47.6 Å². The molecule has 0 aromatic heterocycles. The highest BCUT2D eigenvalue weighted by atomic mass is 16.5. The summed E-state index contributed by atoms with van der Waals surface area (Å²) in [5.41, 5.74) is 5.42. The summed E-state index contributed by atoms with van der Waals surface area (Å²) in [5, 5.41) is 81.4. The molecule has 240 valence electrons. The normalized spacial score (nSPS) is 22.0. The molecule has 50 heavy (non-hydrogen) atoms. The highest BCUT2D eigenvalue weighted by Crippen LogP contribution is 2.53. The second-order valence-corrected chi connectivity index (χ2v) is 11.9. The van der Waals surface area contributed by atoms with Crippen LogP contribution in [0.3, 0.4) is 0 Å². The minimum absolute atomic E-state index is 0.160. The van der Waals surface area contributed by atoms with E-state index in [0.29, 0.717) is 80.9 Å². The molecule has 0 amide bonds. The summed E-state index contributed by atoms with van der Waals surface area (Å²) < 4.78 is 11.3. The Morgan fingerprint density at radius 3 is 1.64 bits per heavy atom. The van der Waals surface area contributed by atoms with Gasteiger partial charge in [-0.25, -0.2) is 0 Å². The van der Waals surface area contributed by atoms with Gasteiger partial charge in [-0.3, -0.25) is 0 Å². The largest absolute Gasteiger partial charge is 0.381 e. The Morgan fingerprint density at radius 2 is 1.16 bits per heavy atom. The van der Waals surface area contributed by atoms with Gasteiger partial charge in [0, 0.05) is 58.8 Å². The quantitative estimate of drug-likeness (QED) is 0.262. The maximum Gasteiger partial charge on any atom is 0.137 e. The van der Waals surface area contributed by atoms with Crippen LogP contribution in [0.5, 0.6) is 0 Å². The number of hydrogen-bond acceptors (Lipinski definition) is 10. The molecule has 5 aliphatic rings.